The van der Waals surface area contributed by atoms with E-state index in [0.717, 1.165) is 60.0 Å². The lowest BCUT2D eigenvalue weighted by atomic mass is 9.97. The predicted octanol–water partition coefficient (Wildman–Crippen LogP) is 4.31. The zero-order valence-corrected chi connectivity index (χ0v) is 19.4. The van der Waals surface area contributed by atoms with Gasteiger partial charge in [-0.3, -0.25) is 0 Å². The molecule has 0 saturated carbocycles. The monoisotopic (exact) mass is 448 g/mol. The van der Waals surface area contributed by atoms with Gasteiger partial charge in [-0.1, -0.05) is 29.5 Å². The highest BCUT2D eigenvalue weighted by molar-refractivity contribution is 7.17. The molecule has 0 amide bonds. The van der Waals surface area contributed by atoms with Gasteiger partial charge in [-0.05, 0) is 62.4 Å². The van der Waals surface area contributed by atoms with Crippen LogP contribution < -0.4 is 4.74 Å². The molecule has 0 fully saturated rings. The molecular weight excluding hydrogens is 420 g/mol. The Labute approximate surface area is 193 Å². The highest BCUT2D eigenvalue weighted by Crippen LogP contribution is 2.35. The summed E-state index contributed by atoms with van der Waals surface area (Å²) in [6.07, 6.45) is 2.79. The third-order valence-corrected chi connectivity index (χ3v) is 6.65. The van der Waals surface area contributed by atoms with Crippen molar-refractivity contribution in [2.45, 2.75) is 39.2 Å². The maximum atomic E-state index is 9.54. The maximum Gasteiger partial charge on any atom is 0.148 e. The summed E-state index contributed by atoms with van der Waals surface area (Å²) >= 11 is 1.55. The molecule has 32 heavy (non-hydrogen) atoms. The van der Waals surface area contributed by atoms with Crippen LogP contribution in [0.4, 0.5) is 0 Å². The van der Waals surface area contributed by atoms with E-state index in [2.05, 4.69) is 39.4 Å². The largest absolute Gasteiger partial charge is 0.490 e. The van der Waals surface area contributed by atoms with E-state index in [0.29, 0.717) is 11.3 Å². The first kappa shape index (κ1) is 22.4. The lowest BCUT2D eigenvalue weighted by Gasteiger charge is -2.18. The number of aromatic nitrogens is 2. The van der Waals surface area contributed by atoms with Crippen molar-refractivity contribution in [1.29, 1.82) is 5.26 Å². The summed E-state index contributed by atoms with van der Waals surface area (Å²) in [7, 11) is 0. The first-order chi connectivity index (χ1) is 15.6. The molecule has 0 unspecified atom stereocenters. The van der Waals surface area contributed by atoms with E-state index in [1.54, 1.807) is 11.3 Å². The topological polar surface area (TPSA) is 82.3 Å². The average molecular weight is 449 g/mol. The van der Waals surface area contributed by atoms with E-state index in [9.17, 15) is 5.26 Å². The summed E-state index contributed by atoms with van der Waals surface area (Å²) in [4.78, 5) is 2.43. The molecule has 0 spiro atoms. The van der Waals surface area contributed by atoms with Crippen LogP contribution in [-0.2, 0) is 12.8 Å². The van der Waals surface area contributed by atoms with Crippen LogP contribution in [0.5, 0.6) is 5.75 Å². The van der Waals surface area contributed by atoms with Crippen LogP contribution in [0.25, 0.3) is 21.1 Å². The third-order valence-electron chi connectivity index (χ3n) is 5.65. The Morgan fingerprint density at radius 3 is 2.75 bits per heavy atom. The summed E-state index contributed by atoms with van der Waals surface area (Å²) in [6.45, 7) is 7.06. The smallest absolute Gasteiger partial charge is 0.148 e. The number of hydrogen-bond donors (Lipinski definition) is 1. The van der Waals surface area contributed by atoms with E-state index in [-0.39, 0.29) is 12.7 Å². The van der Waals surface area contributed by atoms with Crippen molar-refractivity contribution in [2.24, 2.45) is 0 Å². The van der Waals surface area contributed by atoms with Gasteiger partial charge in [0.2, 0.25) is 0 Å². The predicted molar refractivity (Wildman–Crippen MR) is 127 cm³/mol. The summed E-state index contributed by atoms with van der Waals surface area (Å²) in [5.74, 6) is 0.593. The molecule has 2 aromatic carbocycles. The number of aliphatic hydroxyl groups is 1. The normalized spacial score (nSPS) is 14.1. The van der Waals surface area contributed by atoms with E-state index in [4.69, 9.17) is 9.84 Å². The minimum atomic E-state index is 0.00832. The minimum absolute atomic E-state index is 0.00832. The maximum absolute atomic E-state index is 9.54. The van der Waals surface area contributed by atoms with Gasteiger partial charge in [0.05, 0.1) is 11.7 Å². The summed E-state index contributed by atoms with van der Waals surface area (Å²) in [6, 6.07) is 14.3. The number of nitrogens with zero attached hydrogens (tertiary/aromatic N) is 4. The third kappa shape index (κ3) is 4.99. The fourth-order valence-corrected chi connectivity index (χ4v) is 4.99. The molecule has 1 N–H and O–H groups in total. The molecule has 2 heterocycles. The van der Waals surface area contributed by atoms with Crippen LogP contribution in [0, 0.1) is 11.3 Å². The molecule has 1 aliphatic heterocycles. The van der Waals surface area contributed by atoms with Crippen molar-refractivity contribution in [2.75, 3.05) is 26.2 Å². The van der Waals surface area contributed by atoms with Crippen molar-refractivity contribution in [3.63, 3.8) is 0 Å². The Morgan fingerprint density at radius 2 is 1.97 bits per heavy atom. The first-order valence-electron chi connectivity index (χ1n) is 11.1. The van der Waals surface area contributed by atoms with E-state index >= 15 is 0 Å². The number of rotatable bonds is 7. The number of aliphatic hydroxyl groups excluding tert-OH is 1. The molecule has 7 heteroatoms. The molecule has 6 nitrogen and oxygen atoms in total. The van der Waals surface area contributed by atoms with E-state index < -0.39 is 0 Å². The molecule has 0 saturated heterocycles. The summed E-state index contributed by atoms with van der Waals surface area (Å²) in [5, 5.41) is 29.3. The standard InChI is InChI=1S/C25H28N4O2S/c1-17(2)31-23-8-7-19(15-20(23)16-26)24-27-28-25(32-24)22-6-3-5-18-9-12-29(11-4-14-30)13-10-21(18)22/h3,5-8,15,17,30H,4,9-14H2,1-2H3. The number of fused-ring (bicyclic) bond motifs is 1. The zero-order chi connectivity index (χ0) is 22.5. The molecular formula is C25H28N4O2S. The van der Waals surface area contributed by atoms with Gasteiger partial charge in [-0.25, -0.2) is 0 Å². The zero-order valence-electron chi connectivity index (χ0n) is 18.5. The van der Waals surface area contributed by atoms with Gasteiger partial charge in [0.1, 0.15) is 21.8 Å². The molecule has 1 aromatic heterocycles. The fourth-order valence-electron chi connectivity index (χ4n) is 4.10. The van der Waals surface area contributed by atoms with Gasteiger partial charge in [-0.2, -0.15) is 5.26 Å². The molecule has 0 bridgehead atoms. The van der Waals surface area contributed by atoms with Gasteiger partial charge in [0.15, 0.2) is 0 Å². The molecule has 0 aliphatic carbocycles. The van der Waals surface area contributed by atoms with Crippen LogP contribution in [0.2, 0.25) is 0 Å². The van der Waals surface area contributed by atoms with Crippen LogP contribution in [0.3, 0.4) is 0 Å². The van der Waals surface area contributed by atoms with Crippen molar-refractivity contribution in [1.82, 2.24) is 15.1 Å². The molecule has 1 aliphatic rings. The second-order valence-electron chi connectivity index (χ2n) is 8.26. The van der Waals surface area contributed by atoms with Crippen molar-refractivity contribution in [3.05, 3.63) is 53.1 Å². The van der Waals surface area contributed by atoms with Crippen LogP contribution in [-0.4, -0.2) is 52.5 Å². The van der Waals surface area contributed by atoms with Gasteiger partial charge >= 0.3 is 0 Å². The number of benzene rings is 2. The number of ether oxygens (including phenoxy) is 1. The summed E-state index contributed by atoms with van der Waals surface area (Å²) in [5.41, 5.74) is 5.24. The van der Waals surface area contributed by atoms with Crippen molar-refractivity contribution in [3.8, 4) is 33.0 Å². The summed E-state index contributed by atoms with van der Waals surface area (Å²) < 4.78 is 5.74. The van der Waals surface area contributed by atoms with Crippen LogP contribution in [0.1, 0.15) is 37.0 Å². The van der Waals surface area contributed by atoms with Gasteiger partial charge in [-0.15, -0.1) is 10.2 Å². The van der Waals surface area contributed by atoms with Gasteiger partial charge in [0.25, 0.3) is 0 Å². The number of hydrogen-bond acceptors (Lipinski definition) is 7. The van der Waals surface area contributed by atoms with Gasteiger partial charge in [0, 0.05) is 37.4 Å². The molecule has 0 atom stereocenters. The quantitative estimate of drug-likeness (QED) is 0.580. The second-order valence-corrected chi connectivity index (χ2v) is 9.24. The molecule has 4 rings (SSSR count). The van der Waals surface area contributed by atoms with Gasteiger partial charge < -0.3 is 14.7 Å². The SMILES string of the molecule is CC(C)Oc1ccc(-c2nnc(-c3cccc4c3CCN(CCCO)CC4)s2)cc1C#N. The van der Waals surface area contributed by atoms with E-state index in [1.165, 1.54) is 11.1 Å². The average Bonchev–Trinajstić information content (AvgIpc) is 3.19. The van der Waals surface area contributed by atoms with Crippen LogP contribution in [0.15, 0.2) is 36.4 Å². The molecule has 166 valence electrons. The Kier molecular flexibility index (Phi) is 7.15. The lowest BCUT2D eigenvalue weighted by molar-refractivity contribution is 0.230. The lowest BCUT2D eigenvalue weighted by Crippen LogP contribution is -2.28. The highest BCUT2D eigenvalue weighted by atomic mass is 32.1. The van der Waals surface area contributed by atoms with Crippen LogP contribution >= 0.6 is 11.3 Å². The molecule has 0 radical (unpaired) electrons. The Bertz CT molecular complexity index is 1120. The Morgan fingerprint density at radius 1 is 1.16 bits per heavy atom. The van der Waals surface area contributed by atoms with Crippen molar-refractivity contribution >= 4 is 11.3 Å². The first-order valence-corrected chi connectivity index (χ1v) is 11.9. The minimum Gasteiger partial charge on any atom is -0.490 e. The fraction of sp³-hybridized carbons (Fsp3) is 0.400. The number of nitriles is 1. The highest BCUT2D eigenvalue weighted by Gasteiger charge is 2.19. The molecule has 3 aromatic rings. The van der Waals surface area contributed by atoms with Crippen molar-refractivity contribution < 1.29 is 9.84 Å². The second kappa shape index (κ2) is 10.2. The Hall–Kier alpha value is -2.79. The Balaban J connectivity index is 1.60. The van der Waals surface area contributed by atoms with E-state index in [1.807, 2.05) is 32.0 Å².